The lowest BCUT2D eigenvalue weighted by molar-refractivity contribution is 0.0930. The normalized spacial score (nSPS) is 16.9. The first-order chi connectivity index (χ1) is 12.9. The quantitative estimate of drug-likeness (QED) is 0.647. The summed E-state index contributed by atoms with van der Waals surface area (Å²) >= 11 is 7.05. The fourth-order valence-electron chi connectivity index (χ4n) is 2.88. The third-order valence-electron chi connectivity index (χ3n) is 4.26. The molecule has 1 aliphatic heterocycles. The SMILES string of the molecule is O=C(On1cnc2scc(-c3ccc(F)c(Cl)c3)c2c1=O)N1CCC(F)C1. The van der Waals surface area contributed by atoms with Crippen molar-refractivity contribution in [1.82, 2.24) is 14.6 Å². The Hall–Kier alpha value is -2.52. The molecule has 1 saturated heterocycles. The van der Waals surface area contributed by atoms with Gasteiger partial charge in [0.25, 0.3) is 5.56 Å². The number of carbonyl (C=O) groups excluding carboxylic acids is 1. The zero-order valence-electron chi connectivity index (χ0n) is 13.7. The molecule has 1 amide bonds. The van der Waals surface area contributed by atoms with E-state index < -0.39 is 23.6 Å². The van der Waals surface area contributed by atoms with Crippen LogP contribution in [0.2, 0.25) is 5.02 Å². The van der Waals surface area contributed by atoms with Crippen LogP contribution in [0.1, 0.15) is 6.42 Å². The average Bonchev–Trinajstić information content (AvgIpc) is 3.26. The zero-order valence-corrected chi connectivity index (χ0v) is 15.3. The van der Waals surface area contributed by atoms with Gasteiger partial charge in [-0.3, -0.25) is 4.79 Å². The highest BCUT2D eigenvalue weighted by Crippen LogP contribution is 2.32. The Labute approximate surface area is 160 Å². The first-order valence-electron chi connectivity index (χ1n) is 7.99. The van der Waals surface area contributed by atoms with Crippen LogP contribution in [0.3, 0.4) is 0 Å². The molecule has 140 valence electrons. The van der Waals surface area contributed by atoms with Gasteiger partial charge < -0.3 is 9.74 Å². The van der Waals surface area contributed by atoms with Gasteiger partial charge in [-0.05, 0) is 24.1 Å². The summed E-state index contributed by atoms with van der Waals surface area (Å²) in [5, 5.41) is 1.85. The van der Waals surface area contributed by atoms with Gasteiger partial charge in [0.15, 0.2) is 0 Å². The summed E-state index contributed by atoms with van der Waals surface area (Å²) < 4.78 is 27.4. The van der Waals surface area contributed by atoms with E-state index in [1.807, 2.05) is 0 Å². The second-order valence-corrected chi connectivity index (χ2v) is 7.29. The molecule has 0 radical (unpaired) electrons. The Morgan fingerprint density at radius 2 is 2.22 bits per heavy atom. The highest BCUT2D eigenvalue weighted by atomic mass is 35.5. The van der Waals surface area contributed by atoms with E-state index in [-0.39, 0.29) is 29.9 Å². The Bertz CT molecular complexity index is 1100. The van der Waals surface area contributed by atoms with E-state index in [1.165, 1.54) is 34.4 Å². The van der Waals surface area contributed by atoms with Crippen molar-refractivity contribution in [1.29, 1.82) is 0 Å². The second kappa shape index (κ2) is 6.90. The predicted molar refractivity (Wildman–Crippen MR) is 97.3 cm³/mol. The first-order valence-corrected chi connectivity index (χ1v) is 9.25. The molecule has 1 atom stereocenters. The van der Waals surface area contributed by atoms with Crippen molar-refractivity contribution in [3.63, 3.8) is 0 Å². The van der Waals surface area contributed by atoms with Crippen molar-refractivity contribution in [2.75, 3.05) is 13.1 Å². The number of aromatic nitrogens is 2. The standard InChI is InChI=1S/C17H12ClF2N3O3S/c18-12-5-9(1-2-13(12)20)11-7-27-15-14(11)16(24)23(8-21-15)26-17(25)22-4-3-10(19)6-22/h1-2,5,7-8,10H,3-4,6H2. The molecule has 1 aromatic carbocycles. The minimum atomic E-state index is -1.10. The molecule has 0 saturated carbocycles. The van der Waals surface area contributed by atoms with E-state index in [4.69, 9.17) is 16.4 Å². The Balaban J connectivity index is 1.72. The number of hydrogen-bond donors (Lipinski definition) is 0. The minimum Gasteiger partial charge on any atom is -0.312 e. The van der Waals surface area contributed by atoms with Crippen LogP contribution in [-0.4, -0.2) is 40.0 Å². The van der Waals surface area contributed by atoms with Crippen molar-refractivity contribution >= 4 is 39.2 Å². The van der Waals surface area contributed by atoms with Crippen LogP contribution >= 0.6 is 22.9 Å². The van der Waals surface area contributed by atoms with Gasteiger partial charge in [0, 0.05) is 17.5 Å². The number of amides is 1. The maximum atomic E-state index is 13.4. The third-order valence-corrected chi connectivity index (χ3v) is 5.44. The van der Waals surface area contributed by atoms with Gasteiger partial charge in [-0.1, -0.05) is 17.7 Å². The van der Waals surface area contributed by atoms with Gasteiger partial charge in [0.1, 0.15) is 23.1 Å². The van der Waals surface area contributed by atoms with Crippen LogP contribution in [0.4, 0.5) is 13.6 Å². The van der Waals surface area contributed by atoms with Crippen LogP contribution in [0.5, 0.6) is 0 Å². The maximum absolute atomic E-state index is 13.4. The van der Waals surface area contributed by atoms with Crippen LogP contribution < -0.4 is 10.4 Å². The average molecular weight is 412 g/mol. The highest BCUT2D eigenvalue weighted by Gasteiger charge is 2.28. The third kappa shape index (κ3) is 3.28. The molecule has 1 aliphatic rings. The smallest absolute Gasteiger partial charge is 0.312 e. The molecule has 1 fully saturated rings. The summed E-state index contributed by atoms with van der Waals surface area (Å²) in [4.78, 5) is 35.7. The molecule has 10 heteroatoms. The Morgan fingerprint density at radius 1 is 1.41 bits per heavy atom. The molecular weight excluding hydrogens is 400 g/mol. The number of rotatable bonds is 2. The number of nitrogens with zero attached hydrogens (tertiary/aromatic N) is 3. The van der Waals surface area contributed by atoms with Crippen LogP contribution in [0, 0.1) is 5.82 Å². The van der Waals surface area contributed by atoms with Crippen molar-refractivity contribution in [2.24, 2.45) is 0 Å². The zero-order chi connectivity index (χ0) is 19.1. The molecule has 6 nitrogen and oxygen atoms in total. The number of carbonyl (C=O) groups is 1. The van der Waals surface area contributed by atoms with Crippen LogP contribution in [0.15, 0.2) is 34.7 Å². The minimum absolute atomic E-state index is 0.0684. The molecule has 0 aliphatic carbocycles. The van der Waals surface area contributed by atoms with Crippen molar-refractivity contribution in [2.45, 2.75) is 12.6 Å². The molecule has 0 spiro atoms. The number of fused-ring (bicyclic) bond motifs is 1. The lowest BCUT2D eigenvalue weighted by Gasteiger charge is -2.14. The van der Waals surface area contributed by atoms with Gasteiger partial charge >= 0.3 is 6.09 Å². The summed E-state index contributed by atoms with van der Waals surface area (Å²) in [6, 6.07) is 4.11. The van der Waals surface area contributed by atoms with Gasteiger partial charge in [0.2, 0.25) is 0 Å². The fraction of sp³-hybridized carbons (Fsp3) is 0.235. The molecule has 27 heavy (non-hydrogen) atoms. The van der Waals surface area contributed by atoms with Crippen molar-refractivity contribution in [3.05, 3.63) is 51.1 Å². The summed E-state index contributed by atoms with van der Waals surface area (Å²) in [5.74, 6) is -0.568. The number of likely N-dealkylation sites (tertiary alicyclic amines) is 1. The van der Waals surface area contributed by atoms with Gasteiger partial charge in [-0.25, -0.2) is 18.6 Å². The number of hydrogen-bond acceptors (Lipinski definition) is 5. The highest BCUT2D eigenvalue weighted by molar-refractivity contribution is 7.17. The van der Waals surface area contributed by atoms with E-state index in [0.717, 1.165) is 11.1 Å². The van der Waals surface area contributed by atoms with Crippen molar-refractivity contribution < 1.29 is 18.4 Å². The van der Waals surface area contributed by atoms with Crippen LogP contribution in [0.25, 0.3) is 21.3 Å². The number of benzene rings is 1. The largest absolute Gasteiger partial charge is 0.434 e. The lowest BCUT2D eigenvalue weighted by Crippen LogP contribution is -2.39. The van der Waals surface area contributed by atoms with Crippen LogP contribution in [-0.2, 0) is 0 Å². The van der Waals surface area contributed by atoms with Gasteiger partial charge in [0.05, 0.1) is 17.0 Å². The predicted octanol–water partition coefficient (Wildman–Crippen LogP) is 3.51. The summed E-state index contributed by atoms with van der Waals surface area (Å²) in [6.45, 7) is 0.156. The summed E-state index contributed by atoms with van der Waals surface area (Å²) in [6.07, 6.45) is -0.577. The first kappa shape index (κ1) is 17.9. The van der Waals surface area contributed by atoms with Crippen molar-refractivity contribution in [3.8, 4) is 11.1 Å². The number of alkyl halides is 1. The molecule has 0 bridgehead atoms. The molecule has 1 unspecified atom stereocenters. The van der Waals surface area contributed by atoms with E-state index in [2.05, 4.69) is 4.98 Å². The molecule has 0 N–H and O–H groups in total. The summed E-state index contributed by atoms with van der Waals surface area (Å²) in [7, 11) is 0. The Kier molecular flexibility index (Phi) is 4.56. The Morgan fingerprint density at radius 3 is 2.93 bits per heavy atom. The molecule has 3 aromatic rings. The fourth-order valence-corrected chi connectivity index (χ4v) is 3.97. The molecule has 3 heterocycles. The van der Waals surface area contributed by atoms with Gasteiger partial charge in [-0.15, -0.1) is 16.1 Å². The monoisotopic (exact) mass is 411 g/mol. The topological polar surface area (TPSA) is 64.4 Å². The van der Waals surface area contributed by atoms with E-state index in [1.54, 1.807) is 5.38 Å². The molecular formula is C17H12ClF2N3O3S. The lowest BCUT2D eigenvalue weighted by atomic mass is 10.1. The van der Waals surface area contributed by atoms with E-state index in [0.29, 0.717) is 16.0 Å². The molecule has 4 rings (SSSR count). The molecule has 2 aromatic heterocycles. The van der Waals surface area contributed by atoms with E-state index >= 15 is 0 Å². The van der Waals surface area contributed by atoms with Gasteiger partial charge in [-0.2, -0.15) is 0 Å². The second-order valence-electron chi connectivity index (χ2n) is 6.02. The number of thiophene rings is 1. The summed E-state index contributed by atoms with van der Waals surface area (Å²) in [5.41, 5.74) is 0.446. The number of halogens is 3. The van der Waals surface area contributed by atoms with E-state index in [9.17, 15) is 18.4 Å². The maximum Gasteiger partial charge on any atom is 0.434 e.